The number of halogens is 1. The van der Waals surface area contributed by atoms with E-state index >= 15 is 0 Å². The predicted molar refractivity (Wildman–Crippen MR) is 160 cm³/mol. The highest BCUT2D eigenvalue weighted by atomic mass is 35.5. The van der Waals surface area contributed by atoms with Gasteiger partial charge >= 0.3 is 7.82 Å². The zero-order chi connectivity index (χ0) is 29.7. The predicted octanol–water partition coefficient (Wildman–Crippen LogP) is 6.17. The fraction of sp³-hybridized carbons (Fsp3) is 0.519. The Balaban J connectivity index is 1.41. The Labute approximate surface area is 245 Å². The van der Waals surface area contributed by atoms with Gasteiger partial charge in [0.15, 0.2) is 19.5 Å². The SMILES string of the molecule is C=C1C(n2cnc3c(=O)[nH]c(N)nc32)C[C@H](O[Si](C)(C)C(C)(C)C)[C@H]1CO[P@]1(=O)OCC[C@H](c2cccc(Cl)c2)O1. The molecule has 1 saturated heterocycles. The van der Waals surface area contributed by atoms with Crippen LogP contribution in [-0.4, -0.2) is 47.2 Å². The first-order valence-electron chi connectivity index (χ1n) is 13.6. The summed E-state index contributed by atoms with van der Waals surface area (Å²) in [5.41, 5.74) is 7.57. The number of anilines is 1. The van der Waals surface area contributed by atoms with Gasteiger partial charge in [0.05, 0.1) is 37.8 Å². The lowest BCUT2D eigenvalue weighted by molar-refractivity contribution is 0.0176. The number of nitrogens with one attached hydrogen (secondary N) is 1. The normalized spacial score (nSPS) is 27.5. The Morgan fingerprint density at radius 2 is 2.10 bits per heavy atom. The fourth-order valence-corrected chi connectivity index (χ4v) is 8.05. The van der Waals surface area contributed by atoms with Gasteiger partial charge in [-0.15, -0.1) is 0 Å². The Kier molecular flexibility index (Phi) is 8.14. The second-order valence-corrected chi connectivity index (χ2v) is 19.0. The number of aromatic nitrogens is 4. The van der Waals surface area contributed by atoms with Gasteiger partial charge in [-0.3, -0.25) is 23.3 Å². The Morgan fingerprint density at radius 3 is 2.80 bits per heavy atom. The van der Waals surface area contributed by atoms with Gasteiger partial charge in [-0.05, 0) is 47.8 Å². The third kappa shape index (κ3) is 6.10. The molecule has 3 heterocycles. The summed E-state index contributed by atoms with van der Waals surface area (Å²) in [6.45, 7) is 15.5. The van der Waals surface area contributed by atoms with E-state index in [9.17, 15) is 9.36 Å². The van der Waals surface area contributed by atoms with Crippen molar-refractivity contribution in [1.29, 1.82) is 0 Å². The summed E-state index contributed by atoms with van der Waals surface area (Å²) in [7, 11) is -6.12. The molecule has 2 aromatic heterocycles. The first-order chi connectivity index (χ1) is 19.2. The number of fused-ring (bicyclic) bond motifs is 1. The molecular weight excluding hydrogens is 585 g/mol. The van der Waals surface area contributed by atoms with Crippen molar-refractivity contribution in [2.75, 3.05) is 18.9 Å². The highest BCUT2D eigenvalue weighted by Crippen LogP contribution is 2.58. The maximum absolute atomic E-state index is 13.6. The molecule has 41 heavy (non-hydrogen) atoms. The Bertz CT molecular complexity index is 1570. The number of phosphoric ester groups is 1. The van der Waals surface area contributed by atoms with Gasteiger partial charge in [0.25, 0.3) is 5.56 Å². The lowest BCUT2D eigenvalue weighted by Crippen LogP contribution is -2.45. The largest absolute Gasteiger partial charge is 0.475 e. The quantitative estimate of drug-likeness (QED) is 0.180. The molecule has 222 valence electrons. The van der Waals surface area contributed by atoms with Crippen molar-refractivity contribution in [2.45, 2.75) is 70.0 Å². The summed E-state index contributed by atoms with van der Waals surface area (Å²) >= 11 is 6.16. The first-order valence-corrected chi connectivity index (χ1v) is 18.3. The molecule has 0 spiro atoms. The number of benzene rings is 1. The lowest BCUT2D eigenvalue weighted by Gasteiger charge is -2.40. The maximum atomic E-state index is 13.6. The maximum Gasteiger partial charge on any atom is 0.475 e. The van der Waals surface area contributed by atoms with Gasteiger partial charge in [-0.2, -0.15) is 4.98 Å². The van der Waals surface area contributed by atoms with Crippen LogP contribution in [0.4, 0.5) is 5.95 Å². The van der Waals surface area contributed by atoms with Crippen LogP contribution in [0.25, 0.3) is 11.2 Å². The molecule has 14 heteroatoms. The fourth-order valence-electron chi connectivity index (χ4n) is 5.07. The van der Waals surface area contributed by atoms with Gasteiger partial charge in [-0.25, -0.2) is 9.55 Å². The molecule has 0 radical (unpaired) electrons. The Morgan fingerprint density at radius 1 is 1.34 bits per heavy atom. The third-order valence-corrected chi connectivity index (χ3v) is 14.6. The van der Waals surface area contributed by atoms with E-state index in [1.54, 1.807) is 23.0 Å². The number of rotatable bonds is 7. The molecule has 0 amide bonds. The van der Waals surface area contributed by atoms with Crippen LogP contribution in [0.2, 0.25) is 23.2 Å². The second kappa shape index (κ2) is 11.1. The number of hydrogen-bond donors (Lipinski definition) is 2. The summed E-state index contributed by atoms with van der Waals surface area (Å²) in [5.74, 6) is -0.337. The minimum Gasteiger partial charge on any atom is -0.413 e. The Hall–Kier alpha value is -2.31. The van der Waals surface area contributed by atoms with E-state index < -0.39 is 27.8 Å². The van der Waals surface area contributed by atoms with Crippen molar-refractivity contribution in [3.63, 3.8) is 0 Å². The zero-order valence-electron chi connectivity index (χ0n) is 23.9. The number of H-pyrrole nitrogens is 1. The van der Waals surface area contributed by atoms with Crippen molar-refractivity contribution in [2.24, 2.45) is 5.92 Å². The van der Waals surface area contributed by atoms with E-state index in [0.717, 1.165) is 11.1 Å². The van der Waals surface area contributed by atoms with E-state index in [1.165, 1.54) is 0 Å². The van der Waals surface area contributed by atoms with E-state index in [4.69, 9.17) is 35.3 Å². The lowest BCUT2D eigenvalue weighted by atomic mass is 10.0. The molecule has 1 saturated carbocycles. The molecule has 5 rings (SSSR count). The van der Waals surface area contributed by atoms with Crippen LogP contribution < -0.4 is 11.3 Å². The summed E-state index contributed by atoms with van der Waals surface area (Å²) in [5, 5.41) is 0.521. The smallest absolute Gasteiger partial charge is 0.413 e. The number of phosphoric acid groups is 1. The molecule has 1 aliphatic heterocycles. The molecule has 3 N–H and O–H groups in total. The van der Waals surface area contributed by atoms with E-state index in [0.29, 0.717) is 23.5 Å². The number of hydrogen-bond acceptors (Lipinski definition) is 9. The van der Waals surface area contributed by atoms with Crippen molar-refractivity contribution in [3.05, 3.63) is 63.7 Å². The molecule has 11 nitrogen and oxygen atoms in total. The van der Waals surface area contributed by atoms with Crippen LogP contribution >= 0.6 is 19.4 Å². The third-order valence-electron chi connectivity index (χ3n) is 8.37. The highest BCUT2D eigenvalue weighted by molar-refractivity contribution is 7.48. The van der Waals surface area contributed by atoms with Crippen molar-refractivity contribution < 1.29 is 22.6 Å². The molecule has 1 unspecified atom stereocenters. The molecule has 1 aliphatic carbocycles. The van der Waals surface area contributed by atoms with Crippen LogP contribution in [0.15, 0.2) is 47.5 Å². The average molecular weight is 622 g/mol. The van der Waals surface area contributed by atoms with E-state index in [-0.39, 0.29) is 47.8 Å². The summed E-state index contributed by atoms with van der Waals surface area (Å²) < 4.78 is 39.7. The molecule has 2 fully saturated rings. The standard InChI is InChI=1S/C27H37ClN5O6PSi/c1-16-19(14-37-40(35)36-11-10-21(38-40)17-8-7-9-18(28)12-17)22(39-41(5,6)27(2,3)4)13-20(16)33-15-30-23-24(33)31-26(29)32-25(23)34/h7-9,12,15,19-22H,1,10-11,13-14H2,2-6H3,(H3,29,31,32,34)/t19-,20?,21+,22-,40-/m0/s1. The van der Waals surface area contributed by atoms with E-state index in [2.05, 4.69) is 55.4 Å². The second-order valence-electron chi connectivity index (χ2n) is 12.1. The molecule has 2 aliphatic rings. The van der Waals surface area contributed by atoms with E-state index in [1.807, 2.05) is 12.1 Å². The topological polar surface area (TPSA) is 144 Å². The molecular formula is C27H37ClN5O6PSi. The van der Waals surface area contributed by atoms with Crippen LogP contribution in [0, 0.1) is 5.92 Å². The van der Waals surface area contributed by atoms with Crippen molar-refractivity contribution in [1.82, 2.24) is 19.5 Å². The van der Waals surface area contributed by atoms with Crippen LogP contribution in [0.5, 0.6) is 0 Å². The molecule has 0 bridgehead atoms. The van der Waals surface area contributed by atoms with Crippen molar-refractivity contribution >= 4 is 44.9 Å². The van der Waals surface area contributed by atoms with Gasteiger partial charge in [0.2, 0.25) is 5.95 Å². The van der Waals surface area contributed by atoms with Gasteiger partial charge in [-0.1, -0.05) is 51.1 Å². The minimum atomic E-state index is -3.89. The van der Waals surface area contributed by atoms with Crippen LogP contribution in [-0.2, 0) is 22.6 Å². The first kappa shape index (κ1) is 30.2. The molecule has 1 aromatic carbocycles. The summed E-state index contributed by atoms with van der Waals surface area (Å²) in [6.07, 6.45) is 1.85. The number of aromatic amines is 1. The minimum absolute atomic E-state index is 0.000710. The number of nitrogens with two attached hydrogens (primary N) is 1. The summed E-state index contributed by atoms with van der Waals surface area (Å²) in [6, 6.07) is 6.96. The average Bonchev–Trinajstić information content (AvgIpc) is 3.42. The van der Waals surface area contributed by atoms with Gasteiger partial charge in [0, 0.05) is 17.4 Å². The molecule has 3 aromatic rings. The van der Waals surface area contributed by atoms with Crippen LogP contribution in [0.1, 0.15) is 51.3 Å². The number of nitrogen functional groups attached to an aromatic ring is 1. The van der Waals surface area contributed by atoms with Gasteiger partial charge < -0.3 is 14.7 Å². The summed E-state index contributed by atoms with van der Waals surface area (Å²) in [4.78, 5) is 23.5. The van der Waals surface area contributed by atoms with Crippen LogP contribution in [0.3, 0.4) is 0 Å². The zero-order valence-corrected chi connectivity index (χ0v) is 26.6. The monoisotopic (exact) mass is 621 g/mol. The molecule has 5 atom stereocenters. The van der Waals surface area contributed by atoms with Crippen molar-refractivity contribution in [3.8, 4) is 0 Å². The highest BCUT2D eigenvalue weighted by Gasteiger charge is 2.47. The number of imidazole rings is 1. The number of nitrogens with zero attached hydrogens (tertiary/aromatic N) is 3. The van der Waals surface area contributed by atoms with Gasteiger partial charge in [0.1, 0.15) is 0 Å².